The van der Waals surface area contributed by atoms with Crippen LogP contribution in [0, 0.1) is 0 Å². The van der Waals surface area contributed by atoms with Crippen molar-refractivity contribution in [1.82, 2.24) is 14.7 Å². The number of carbonyl (C=O) groups is 1. The maximum atomic E-state index is 13.1. The molecule has 0 bridgehead atoms. The van der Waals surface area contributed by atoms with E-state index in [1.165, 1.54) is 0 Å². The number of para-hydroxylation sites is 2. The summed E-state index contributed by atoms with van der Waals surface area (Å²) in [6.45, 7) is 2.29. The van der Waals surface area contributed by atoms with E-state index < -0.39 is 6.10 Å². The normalized spacial score (nSPS) is 18.7. The van der Waals surface area contributed by atoms with Gasteiger partial charge in [0.1, 0.15) is 12.3 Å². The third-order valence-corrected chi connectivity index (χ3v) is 5.78. The van der Waals surface area contributed by atoms with Gasteiger partial charge in [-0.15, -0.1) is 11.3 Å². The van der Waals surface area contributed by atoms with Crippen LogP contribution in [-0.2, 0) is 17.9 Å². The molecule has 0 radical (unpaired) electrons. The van der Waals surface area contributed by atoms with E-state index in [1.807, 2.05) is 45.3 Å². The molecule has 2 aliphatic rings. The van der Waals surface area contributed by atoms with Gasteiger partial charge in [0, 0.05) is 13.1 Å². The van der Waals surface area contributed by atoms with Crippen molar-refractivity contribution in [3.05, 3.63) is 53.5 Å². The Kier molecular flexibility index (Phi) is 4.09. The highest BCUT2D eigenvalue weighted by Gasteiger charge is 2.32. The van der Waals surface area contributed by atoms with Gasteiger partial charge in [0.2, 0.25) is 6.10 Å². The van der Waals surface area contributed by atoms with Crippen molar-refractivity contribution in [2.45, 2.75) is 25.6 Å². The number of aromatic nitrogens is 2. The molecule has 0 N–H and O–H groups in total. The summed E-state index contributed by atoms with van der Waals surface area (Å²) in [6.07, 6.45) is 0.264. The van der Waals surface area contributed by atoms with E-state index in [0.29, 0.717) is 24.6 Å². The molecule has 5 rings (SSSR count). The fraction of sp³-hybridized carbons (Fsp3) is 0.300. The van der Waals surface area contributed by atoms with Gasteiger partial charge in [-0.2, -0.15) is 5.10 Å². The molecule has 0 saturated carbocycles. The Balaban J connectivity index is 1.35. The molecule has 1 aromatic carbocycles. The SMILES string of the molecule is O=C(C1COc2ccccc2O1)N1CCCn2nc(-c3cccs3)cc2C1. The number of rotatable bonds is 2. The van der Waals surface area contributed by atoms with E-state index in [4.69, 9.17) is 14.6 Å². The second kappa shape index (κ2) is 6.74. The second-order valence-corrected chi connectivity index (χ2v) is 7.65. The third-order valence-electron chi connectivity index (χ3n) is 4.88. The highest BCUT2D eigenvalue weighted by atomic mass is 32.1. The van der Waals surface area contributed by atoms with E-state index in [-0.39, 0.29) is 12.5 Å². The van der Waals surface area contributed by atoms with Crippen LogP contribution in [0.15, 0.2) is 47.8 Å². The number of amides is 1. The third kappa shape index (κ3) is 3.08. The average Bonchev–Trinajstić information content (AvgIpc) is 3.33. The molecular weight excluding hydrogens is 362 g/mol. The van der Waals surface area contributed by atoms with Crippen LogP contribution >= 0.6 is 11.3 Å². The standard InChI is InChI=1S/C20H19N3O3S/c24-20(18-13-25-16-5-1-2-6-17(16)26-18)22-8-4-9-23-14(12-22)11-15(21-23)19-7-3-10-27-19/h1-3,5-7,10-11,18H,4,8-9,12-13H2. The molecule has 2 aliphatic heterocycles. The maximum Gasteiger partial charge on any atom is 0.267 e. The van der Waals surface area contributed by atoms with Crippen LogP contribution in [0.5, 0.6) is 11.5 Å². The minimum atomic E-state index is -0.605. The number of carbonyl (C=O) groups excluding carboxylic acids is 1. The molecule has 0 fully saturated rings. The highest BCUT2D eigenvalue weighted by Crippen LogP contribution is 2.32. The Morgan fingerprint density at radius 2 is 2.04 bits per heavy atom. The molecule has 138 valence electrons. The van der Waals surface area contributed by atoms with Gasteiger partial charge in [-0.1, -0.05) is 18.2 Å². The zero-order valence-electron chi connectivity index (χ0n) is 14.7. The first kappa shape index (κ1) is 16.4. The number of benzene rings is 1. The number of thiophene rings is 1. The quantitative estimate of drug-likeness (QED) is 0.684. The number of nitrogens with zero attached hydrogens (tertiary/aromatic N) is 3. The van der Waals surface area contributed by atoms with Crippen LogP contribution in [-0.4, -0.2) is 39.8 Å². The number of hydrogen-bond acceptors (Lipinski definition) is 5. The zero-order valence-corrected chi connectivity index (χ0v) is 15.5. The molecule has 0 spiro atoms. The van der Waals surface area contributed by atoms with Crippen molar-refractivity contribution < 1.29 is 14.3 Å². The molecular formula is C20H19N3O3S. The van der Waals surface area contributed by atoms with Crippen molar-refractivity contribution in [2.24, 2.45) is 0 Å². The lowest BCUT2D eigenvalue weighted by atomic mass is 10.2. The van der Waals surface area contributed by atoms with Crippen molar-refractivity contribution in [3.63, 3.8) is 0 Å². The summed E-state index contributed by atoms with van der Waals surface area (Å²) in [5, 5.41) is 6.77. The van der Waals surface area contributed by atoms with Gasteiger partial charge in [0.25, 0.3) is 5.91 Å². The molecule has 1 unspecified atom stereocenters. The van der Waals surface area contributed by atoms with Crippen molar-refractivity contribution in [2.75, 3.05) is 13.2 Å². The molecule has 4 heterocycles. The predicted molar refractivity (Wildman–Crippen MR) is 102 cm³/mol. The number of aryl methyl sites for hydroxylation is 1. The minimum Gasteiger partial charge on any atom is -0.485 e. The van der Waals surface area contributed by atoms with Gasteiger partial charge in [-0.25, -0.2) is 0 Å². The second-order valence-electron chi connectivity index (χ2n) is 6.70. The first-order valence-corrected chi connectivity index (χ1v) is 9.94. The molecule has 7 heteroatoms. The summed E-state index contributed by atoms with van der Waals surface area (Å²) in [4.78, 5) is 16.1. The van der Waals surface area contributed by atoms with Crippen molar-refractivity contribution >= 4 is 17.2 Å². The molecule has 0 aliphatic carbocycles. The summed E-state index contributed by atoms with van der Waals surface area (Å²) >= 11 is 1.68. The largest absolute Gasteiger partial charge is 0.485 e. The van der Waals surface area contributed by atoms with Gasteiger partial charge >= 0.3 is 0 Å². The average molecular weight is 381 g/mol. The Bertz CT molecular complexity index is 967. The summed E-state index contributed by atoms with van der Waals surface area (Å²) < 4.78 is 13.6. The molecule has 0 saturated heterocycles. The maximum absolute atomic E-state index is 13.1. The lowest BCUT2D eigenvalue weighted by Gasteiger charge is -2.30. The first-order chi connectivity index (χ1) is 13.3. The monoisotopic (exact) mass is 381 g/mol. The highest BCUT2D eigenvalue weighted by molar-refractivity contribution is 7.13. The lowest BCUT2D eigenvalue weighted by molar-refractivity contribution is -0.141. The van der Waals surface area contributed by atoms with E-state index in [1.54, 1.807) is 11.3 Å². The summed E-state index contributed by atoms with van der Waals surface area (Å²) in [5.74, 6) is 1.29. The van der Waals surface area contributed by atoms with Crippen LogP contribution in [0.25, 0.3) is 10.6 Å². The smallest absolute Gasteiger partial charge is 0.267 e. The molecule has 6 nitrogen and oxygen atoms in total. The Hall–Kier alpha value is -2.80. The van der Waals surface area contributed by atoms with Crippen LogP contribution in [0.2, 0.25) is 0 Å². The summed E-state index contributed by atoms with van der Waals surface area (Å²) in [6, 6.07) is 13.6. The van der Waals surface area contributed by atoms with Crippen LogP contribution < -0.4 is 9.47 Å². The molecule has 3 aromatic rings. The first-order valence-electron chi connectivity index (χ1n) is 9.06. The van der Waals surface area contributed by atoms with Crippen LogP contribution in [0.4, 0.5) is 0 Å². The Labute approximate surface area is 160 Å². The summed E-state index contributed by atoms with van der Waals surface area (Å²) in [5.41, 5.74) is 2.03. The van der Waals surface area contributed by atoms with Crippen molar-refractivity contribution in [3.8, 4) is 22.1 Å². The number of fused-ring (bicyclic) bond motifs is 2. The van der Waals surface area contributed by atoms with E-state index in [2.05, 4.69) is 12.1 Å². The van der Waals surface area contributed by atoms with Gasteiger partial charge in [0.05, 0.1) is 17.1 Å². The zero-order chi connectivity index (χ0) is 18.2. The van der Waals surface area contributed by atoms with Crippen LogP contribution in [0.1, 0.15) is 12.1 Å². The number of hydrogen-bond donors (Lipinski definition) is 0. The molecule has 2 aromatic heterocycles. The molecule has 27 heavy (non-hydrogen) atoms. The lowest BCUT2D eigenvalue weighted by Crippen LogP contribution is -2.46. The van der Waals surface area contributed by atoms with Gasteiger partial charge < -0.3 is 14.4 Å². The summed E-state index contributed by atoms with van der Waals surface area (Å²) in [7, 11) is 0. The Morgan fingerprint density at radius 3 is 2.89 bits per heavy atom. The Morgan fingerprint density at radius 1 is 1.15 bits per heavy atom. The van der Waals surface area contributed by atoms with Crippen LogP contribution in [0.3, 0.4) is 0 Å². The topological polar surface area (TPSA) is 56.6 Å². The van der Waals surface area contributed by atoms with E-state index >= 15 is 0 Å². The van der Waals surface area contributed by atoms with Gasteiger partial charge in [-0.3, -0.25) is 9.48 Å². The fourth-order valence-corrected chi connectivity index (χ4v) is 4.22. The van der Waals surface area contributed by atoms with Gasteiger partial charge in [-0.05, 0) is 36.1 Å². The minimum absolute atomic E-state index is 0.0307. The fourth-order valence-electron chi connectivity index (χ4n) is 3.54. The molecule has 1 atom stereocenters. The predicted octanol–water partition coefficient (Wildman–Crippen LogP) is 3.18. The van der Waals surface area contributed by atoms with Crippen molar-refractivity contribution in [1.29, 1.82) is 0 Å². The van der Waals surface area contributed by atoms with Gasteiger partial charge in [0.15, 0.2) is 11.5 Å². The number of ether oxygens (including phenoxy) is 2. The van der Waals surface area contributed by atoms with E-state index in [9.17, 15) is 4.79 Å². The molecule has 1 amide bonds. The van der Waals surface area contributed by atoms with E-state index in [0.717, 1.165) is 29.2 Å².